The van der Waals surface area contributed by atoms with Gasteiger partial charge in [-0.1, -0.05) is 43.7 Å². The molecule has 0 aromatic heterocycles. The summed E-state index contributed by atoms with van der Waals surface area (Å²) < 4.78 is 0. The van der Waals surface area contributed by atoms with Gasteiger partial charge in [0.05, 0.1) is 0 Å². The molecule has 1 heterocycles. The molecule has 20 heavy (non-hydrogen) atoms. The zero-order valence-corrected chi connectivity index (χ0v) is 13.3. The summed E-state index contributed by atoms with van der Waals surface area (Å²) >= 11 is 0. The Morgan fingerprint density at radius 2 is 1.85 bits per heavy atom. The van der Waals surface area contributed by atoms with Crippen LogP contribution in [0.15, 0.2) is 24.3 Å². The molecular weight excluding hydrogens is 272 g/mol. The summed E-state index contributed by atoms with van der Waals surface area (Å²) in [6.45, 7) is 8.17. The number of hydrogen-bond acceptors (Lipinski definition) is 2. The van der Waals surface area contributed by atoms with Crippen LogP contribution in [-0.4, -0.2) is 23.9 Å². The standard InChI is InChI=1S/C16H24N2O.ClH/c1-11-4-6-14(7-5-11)15(17)16(19)18-9-8-12(2)13(3)10-18;/h4-7,12-13,15H,8-10,17H2,1-3H3;1H. The van der Waals surface area contributed by atoms with Gasteiger partial charge >= 0.3 is 0 Å². The van der Waals surface area contributed by atoms with Crippen LogP contribution in [0.4, 0.5) is 0 Å². The lowest BCUT2D eigenvalue weighted by molar-refractivity contribution is -0.135. The number of carbonyl (C=O) groups excluding carboxylic acids is 1. The Balaban J connectivity index is 0.00000200. The molecule has 1 aromatic carbocycles. The number of nitrogens with zero attached hydrogens (tertiary/aromatic N) is 1. The van der Waals surface area contributed by atoms with Crippen LogP contribution < -0.4 is 5.73 Å². The molecule has 0 radical (unpaired) electrons. The summed E-state index contributed by atoms with van der Waals surface area (Å²) in [4.78, 5) is 14.4. The highest BCUT2D eigenvalue weighted by molar-refractivity contribution is 5.85. The van der Waals surface area contributed by atoms with Crippen molar-refractivity contribution in [3.05, 3.63) is 35.4 Å². The molecule has 0 aliphatic carbocycles. The van der Waals surface area contributed by atoms with Crippen LogP contribution in [-0.2, 0) is 4.79 Å². The fourth-order valence-electron chi connectivity index (χ4n) is 2.58. The van der Waals surface area contributed by atoms with E-state index in [1.807, 2.05) is 36.1 Å². The monoisotopic (exact) mass is 296 g/mol. The fraction of sp³-hybridized carbons (Fsp3) is 0.562. The number of benzene rings is 1. The molecule has 3 unspecified atom stereocenters. The van der Waals surface area contributed by atoms with Gasteiger partial charge in [-0.2, -0.15) is 0 Å². The van der Waals surface area contributed by atoms with Crippen LogP contribution in [0.3, 0.4) is 0 Å². The van der Waals surface area contributed by atoms with Crippen LogP contribution in [0.5, 0.6) is 0 Å². The molecule has 0 bridgehead atoms. The number of piperidine rings is 1. The zero-order valence-electron chi connectivity index (χ0n) is 12.5. The summed E-state index contributed by atoms with van der Waals surface area (Å²) in [6, 6.07) is 7.38. The molecule has 1 aliphatic rings. The van der Waals surface area contributed by atoms with Gasteiger partial charge in [0.1, 0.15) is 6.04 Å². The van der Waals surface area contributed by atoms with E-state index >= 15 is 0 Å². The third kappa shape index (κ3) is 3.74. The lowest BCUT2D eigenvalue weighted by Crippen LogP contribution is -2.46. The van der Waals surface area contributed by atoms with Gasteiger partial charge in [-0.3, -0.25) is 4.79 Å². The van der Waals surface area contributed by atoms with Crippen molar-refractivity contribution in [2.45, 2.75) is 33.2 Å². The SMILES string of the molecule is Cc1ccc(C(N)C(=O)N2CCC(C)C(C)C2)cc1.Cl. The number of aryl methyl sites for hydroxylation is 1. The molecule has 4 heteroatoms. The summed E-state index contributed by atoms with van der Waals surface area (Å²) in [5, 5.41) is 0. The van der Waals surface area contributed by atoms with Gasteiger partial charge in [0.25, 0.3) is 0 Å². The Bertz CT molecular complexity index is 446. The van der Waals surface area contributed by atoms with Gasteiger partial charge in [0, 0.05) is 13.1 Å². The molecule has 1 saturated heterocycles. The van der Waals surface area contributed by atoms with Crippen molar-refractivity contribution in [3.63, 3.8) is 0 Å². The average Bonchev–Trinajstić information content (AvgIpc) is 2.41. The zero-order chi connectivity index (χ0) is 14.0. The van der Waals surface area contributed by atoms with Crippen molar-refractivity contribution in [2.75, 3.05) is 13.1 Å². The second-order valence-electron chi connectivity index (χ2n) is 5.92. The van der Waals surface area contributed by atoms with Crippen molar-refractivity contribution in [3.8, 4) is 0 Å². The fourth-order valence-corrected chi connectivity index (χ4v) is 2.58. The number of likely N-dealkylation sites (tertiary alicyclic amines) is 1. The summed E-state index contributed by atoms with van der Waals surface area (Å²) in [7, 11) is 0. The molecular formula is C16H25ClN2O. The van der Waals surface area contributed by atoms with E-state index in [-0.39, 0.29) is 18.3 Å². The Morgan fingerprint density at radius 1 is 1.25 bits per heavy atom. The first-order chi connectivity index (χ1) is 8.99. The minimum atomic E-state index is -0.527. The molecule has 0 spiro atoms. The third-order valence-electron chi connectivity index (χ3n) is 4.35. The lowest BCUT2D eigenvalue weighted by Gasteiger charge is -2.36. The van der Waals surface area contributed by atoms with Gasteiger partial charge in [-0.15, -0.1) is 12.4 Å². The second kappa shape index (κ2) is 7.09. The third-order valence-corrected chi connectivity index (χ3v) is 4.35. The van der Waals surface area contributed by atoms with Crippen molar-refractivity contribution < 1.29 is 4.79 Å². The van der Waals surface area contributed by atoms with E-state index in [0.717, 1.165) is 25.1 Å². The van der Waals surface area contributed by atoms with E-state index < -0.39 is 6.04 Å². The van der Waals surface area contributed by atoms with Crippen molar-refractivity contribution in [2.24, 2.45) is 17.6 Å². The van der Waals surface area contributed by atoms with E-state index in [1.54, 1.807) is 0 Å². The molecule has 2 N–H and O–H groups in total. The minimum Gasteiger partial charge on any atom is -0.341 e. The first kappa shape index (κ1) is 17.0. The molecule has 2 rings (SSSR count). The van der Waals surface area contributed by atoms with Gasteiger partial charge < -0.3 is 10.6 Å². The molecule has 1 aromatic rings. The smallest absolute Gasteiger partial charge is 0.244 e. The molecule has 0 saturated carbocycles. The molecule has 112 valence electrons. The van der Waals surface area contributed by atoms with E-state index in [1.165, 1.54) is 5.56 Å². The predicted molar refractivity (Wildman–Crippen MR) is 84.9 cm³/mol. The van der Waals surface area contributed by atoms with Crippen molar-refractivity contribution >= 4 is 18.3 Å². The Morgan fingerprint density at radius 3 is 2.40 bits per heavy atom. The molecule has 3 atom stereocenters. The van der Waals surface area contributed by atoms with Crippen LogP contribution in [0.1, 0.15) is 37.4 Å². The predicted octanol–water partition coefficient (Wildman–Crippen LogP) is 2.92. The number of nitrogens with two attached hydrogens (primary N) is 1. The van der Waals surface area contributed by atoms with Gasteiger partial charge in [0.2, 0.25) is 5.91 Å². The minimum absolute atomic E-state index is 0. The molecule has 3 nitrogen and oxygen atoms in total. The number of amides is 1. The second-order valence-corrected chi connectivity index (χ2v) is 5.92. The van der Waals surface area contributed by atoms with Gasteiger partial charge in [-0.05, 0) is 30.7 Å². The number of hydrogen-bond donors (Lipinski definition) is 1. The highest BCUT2D eigenvalue weighted by Crippen LogP contribution is 2.24. The summed E-state index contributed by atoms with van der Waals surface area (Å²) in [6.07, 6.45) is 1.08. The van der Waals surface area contributed by atoms with E-state index in [0.29, 0.717) is 11.8 Å². The Hall–Kier alpha value is -1.06. The van der Waals surface area contributed by atoms with E-state index in [9.17, 15) is 4.79 Å². The Kier molecular flexibility index (Phi) is 6.03. The average molecular weight is 297 g/mol. The lowest BCUT2D eigenvalue weighted by atomic mass is 9.88. The normalized spacial score (nSPS) is 23.9. The first-order valence-electron chi connectivity index (χ1n) is 7.10. The largest absolute Gasteiger partial charge is 0.341 e. The number of halogens is 1. The highest BCUT2D eigenvalue weighted by Gasteiger charge is 2.29. The molecule has 1 aliphatic heterocycles. The number of carbonyl (C=O) groups is 1. The maximum Gasteiger partial charge on any atom is 0.244 e. The maximum atomic E-state index is 12.4. The Labute approximate surface area is 127 Å². The van der Waals surface area contributed by atoms with Gasteiger partial charge in [0.15, 0.2) is 0 Å². The van der Waals surface area contributed by atoms with Crippen LogP contribution in [0, 0.1) is 18.8 Å². The highest BCUT2D eigenvalue weighted by atomic mass is 35.5. The van der Waals surface area contributed by atoms with Crippen LogP contribution in [0.2, 0.25) is 0 Å². The quantitative estimate of drug-likeness (QED) is 0.912. The molecule has 1 amide bonds. The maximum absolute atomic E-state index is 12.4. The topological polar surface area (TPSA) is 46.3 Å². The van der Waals surface area contributed by atoms with Crippen LogP contribution >= 0.6 is 12.4 Å². The number of rotatable bonds is 2. The van der Waals surface area contributed by atoms with E-state index in [2.05, 4.69) is 13.8 Å². The van der Waals surface area contributed by atoms with Crippen molar-refractivity contribution in [1.29, 1.82) is 0 Å². The first-order valence-corrected chi connectivity index (χ1v) is 7.10. The van der Waals surface area contributed by atoms with Crippen molar-refractivity contribution in [1.82, 2.24) is 4.90 Å². The summed E-state index contributed by atoms with van der Waals surface area (Å²) in [5.74, 6) is 1.31. The van der Waals surface area contributed by atoms with E-state index in [4.69, 9.17) is 5.73 Å². The van der Waals surface area contributed by atoms with Crippen LogP contribution in [0.25, 0.3) is 0 Å². The molecule has 1 fully saturated rings. The van der Waals surface area contributed by atoms with Gasteiger partial charge in [-0.25, -0.2) is 0 Å². The summed E-state index contributed by atoms with van der Waals surface area (Å²) in [5.41, 5.74) is 8.20.